The van der Waals surface area contributed by atoms with E-state index in [0.717, 1.165) is 0 Å². The zero-order valence-corrected chi connectivity index (χ0v) is 10.2. The molecule has 0 heterocycles. The summed E-state index contributed by atoms with van der Waals surface area (Å²) in [5.41, 5.74) is 1.44. The van der Waals surface area contributed by atoms with E-state index in [2.05, 4.69) is 58.6 Å². The molecule has 0 aliphatic rings. The fourth-order valence-electron chi connectivity index (χ4n) is 1.30. The monoisotopic (exact) mass is 194 g/mol. The summed E-state index contributed by atoms with van der Waals surface area (Å²) in [6.45, 7) is 11.6. The Balaban J connectivity index is 3.02. The van der Waals surface area contributed by atoms with E-state index in [1.807, 2.05) is 0 Å². The van der Waals surface area contributed by atoms with Crippen LogP contribution < -0.4 is 5.30 Å². The summed E-state index contributed by atoms with van der Waals surface area (Å²) in [5, 5.41) is 1.96. The van der Waals surface area contributed by atoms with Gasteiger partial charge in [0.05, 0.1) is 0 Å². The van der Waals surface area contributed by atoms with Gasteiger partial charge in [-0.15, -0.1) is 0 Å². The van der Waals surface area contributed by atoms with Crippen LogP contribution in [0.4, 0.5) is 0 Å². The highest BCUT2D eigenvalue weighted by Crippen LogP contribution is 2.45. The number of hydrogen-bond acceptors (Lipinski definition) is 0. The molecule has 0 saturated carbocycles. The standard InChI is InChI=1S/C12H19P/c1-10-8-6-7-9-11(10)13(5)12(2,3)4/h6-9H,1-5H3/t13-/m0/s1. The Kier molecular flexibility index (Phi) is 3.14. The van der Waals surface area contributed by atoms with Gasteiger partial charge in [-0.25, -0.2) is 0 Å². The van der Waals surface area contributed by atoms with Gasteiger partial charge >= 0.3 is 0 Å². The van der Waals surface area contributed by atoms with Gasteiger partial charge in [-0.3, -0.25) is 0 Å². The number of hydrogen-bond donors (Lipinski definition) is 0. The minimum absolute atomic E-state index is 0.0376. The van der Waals surface area contributed by atoms with Crippen LogP contribution in [0.5, 0.6) is 0 Å². The van der Waals surface area contributed by atoms with Gasteiger partial charge < -0.3 is 0 Å². The van der Waals surface area contributed by atoms with Crippen molar-refractivity contribution in [1.82, 2.24) is 0 Å². The molecular weight excluding hydrogens is 175 g/mol. The lowest BCUT2D eigenvalue weighted by atomic mass is 10.2. The van der Waals surface area contributed by atoms with Crippen LogP contribution in [0.2, 0.25) is 0 Å². The number of rotatable bonds is 1. The largest absolute Gasteiger partial charge is 0.0727 e. The van der Waals surface area contributed by atoms with Crippen LogP contribution in [0.25, 0.3) is 0 Å². The molecule has 0 unspecified atom stereocenters. The molecule has 0 fully saturated rings. The molecule has 0 bridgehead atoms. The highest BCUT2D eigenvalue weighted by atomic mass is 31.1. The van der Waals surface area contributed by atoms with Crippen molar-refractivity contribution >= 4 is 13.2 Å². The molecule has 1 rings (SSSR count). The first-order valence-corrected chi connectivity index (χ1v) is 6.51. The molecule has 0 saturated heterocycles. The van der Waals surface area contributed by atoms with Crippen LogP contribution in [0, 0.1) is 6.92 Å². The molecule has 1 aromatic rings. The number of benzene rings is 1. The Bertz CT molecular complexity index is 283. The fraction of sp³-hybridized carbons (Fsp3) is 0.500. The van der Waals surface area contributed by atoms with Crippen LogP contribution in [0.3, 0.4) is 0 Å². The van der Waals surface area contributed by atoms with E-state index in [0.29, 0.717) is 5.16 Å². The molecular formula is C12H19P. The molecule has 1 aromatic carbocycles. The molecule has 13 heavy (non-hydrogen) atoms. The molecule has 0 amide bonds. The van der Waals surface area contributed by atoms with E-state index < -0.39 is 0 Å². The van der Waals surface area contributed by atoms with E-state index in [-0.39, 0.29) is 7.92 Å². The Morgan fingerprint density at radius 3 is 2.08 bits per heavy atom. The quantitative estimate of drug-likeness (QED) is 0.600. The van der Waals surface area contributed by atoms with Gasteiger partial charge in [-0.1, -0.05) is 53.0 Å². The predicted octanol–water partition coefficient (Wildman–Crippen LogP) is 3.53. The number of aryl methyl sites for hydroxylation is 1. The van der Waals surface area contributed by atoms with Crippen molar-refractivity contribution in [2.45, 2.75) is 32.9 Å². The first-order valence-electron chi connectivity index (χ1n) is 4.72. The van der Waals surface area contributed by atoms with Gasteiger partial charge in [0.2, 0.25) is 0 Å². The van der Waals surface area contributed by atoms with Crippen LogP contribution in [-0.2, 0) is 0 Å². The molecule has 1 heteroatoms. The minimum atomic E-state index is -0.0376. The van der Waals surface area contributed by atoms with Gasteiger partial charge in [-0.05, 0) is 29.6 Å². The van der Waals surface area contributed by atoms with E-state index in [9.17, 15) is 0 Å². The Hall–Kier alpha value is -0.350. The van der Waals surface area contributed by atoms with Crippen molar-refractivity contribution in [3.05, 3.63) is 29.8 Å². The molecule has 0 aliphatic heterocycles. The topological polar surface area (TPSA) is 0 Å². The van der Waals surface area contributed by atoms with Crippen molar-refractivity contribution in [2.24, 2.45) is 0 Å². The molecule has 0 N–H and O–H groups in total. The fourth-order valence-corrected chi connectivity index (χ4v) is 2.94. The Labute approximate surface area is 83.1 Å². The lowest BCUT2D eigenvalue weighted by Crippen LogP contribution is -2.19. The lowest BCUT2D eigenvalue weighted by molar-refractivity contribution is 0.791. The van der Waals surface area contributed by atoms with E-state index in [1.165, 1.54) is 5.56 Å². The van der Waals surface area contributed by atoms with Crippen molar-refractivity contribution in [1.29, 1.82) is 0 Å². The van der Waals surface area contributed by atoms with Gasteiger partial charge in [0.1, 0.15) is 0 Å². The molecule has 72 valence electrons. The first-order chi connectivity index (χ1) is 5.93. The molecule has 0 radical (unpaired) electrons. The van der Waals surface area contributed by atoms with Crippen LogP contribution >= 0.6 is 7.92 Å². The van der Waals surface area contributed by atoms with Gasteiger partial charge in [0.15, 0.2) is 0 Å². The van der Waals surface area contributed by atoms with Crippen molar-refractivity contribution < 1.29 is 0 Å². The van der Waals surface area contributed by atoms with Crippen LogP contribution in [0.15, 0.2) is 24.3 Å². The second-order valence-electron chi connectivity index (χ2n) is 4.52. The van der Waals surface area contributed by atoms with Crippen molar-refractivity contribution in [3.63, 3.8) is 0 Å². The third kappa shape index (κ3) is 2.54. The summed E-state index contributed by atoms with van der Waals surface area (Å²) in [6.07, 6.45) is 0. The lowest BCUT2D eigenvalue weighted by Gasteiger charge is -2.29. The van der Waals surface area contributed by atoms with E-state index in [4.69, 9.17) is 0 Å². The molecule has 1 atom stereocenters. The minimum Gasteiger partial charge on any atom is -0.0727 e. The summed E-state index contributed by atoms with van der Waals surface area (Å²) in [7, 11) is -0.0376. The highest BCUT2D eigenvalue weighted by molar-refractivity contribution is 7.66. The summed E-state index contributed by atoms with van der Waals surface area (Å²) < 4.78 is 0. The second-order valence-corrected chi connectivity index (χ2v) is 7.46. The third-order valence-corrected chi connectivity index (χ3v) is 5.72. The maximum Gasteiger partial charge on any atom is -0.0142 e. The predicted molar refractivity (Wildman–Crippen MR) is 63.4 cm³/mol. The second kappa shape index (κ2) is 3.80. The van der Waals surface area contributed by atoms with Gasteiger partial charge in [-0.2, -0.15) is 0 Å². The SMILES string of the molecule is Cc1ccccc1[P@](C)C(C)(C)C. The van der Waals surface area contributed by atoms with Crippen molar-refractivity contribution in [3.8, 4) is 0 Å². The Morgan fingerprint density at radius 1 is 1.08 bits per heavy atom. The third-order valence-electron chi connectivity index (χ3n) is 2.48. The average Bonchev–Trinajstić information content (AvgIpc) is 2.02. The average molecular weight is 194 g/mol. The molecule has 0 aliphatic carbocycles. The summed E-state index contributed by atoms with van der Waals surface area (Å²) in [5.74, 6) is 0. The summed E-state index contributed by atoms with van der Waals surface area (Å²) in [6, 6.07) is 8.74. The maximum absolute atomic E-state index is 2.37. The smallest absolute Gasteiger partial charge is 0.0142 e. The van der Waals surface area contributed by atoms with Crippen molar-refractivity contribution in [2.75, 3.05) is 6.66 Å². The summed E-state index contributed by atoms with van der Waals surface area (Å²) >= 11 is 0. The van der Waals surface area contributed by atoms with Gasteiger partial charge in [0.25, 0.3) is 0 Å². The zero-order chi connectivity index (χ0) is 10.1. The Morgan fingerprint density at radius 2 is 1.62 bits per heavy atom. The molecule has 0 spiro atoms. The summed E-state index contributed by atoms with van der Waals surface area (Å²) in [4.78, 5) is 0. The van der Waals surface area contributed by atoms with Gasteiger partial charge in [0, 0.05) is 0 Å². The molecule has 0 nitrogen and oxygen atoms in total. The molecule has 0 aromatic heterocycles. The zero-order valence-electron chi connectivity index (χ0n) is 9.26. The maximum atomic E-state index is 2.37. The van der Waals surface area contributed by atoms with Crippen LogP contribution in [-0.4, -0.2) is 11.8 Å². The van der Waals surface area contributed by atoms with E-state index in [1.54, 1.807) is 5.30 Å². The van der Waals surface area contributed by atoms with Crippen LogP contribution in [0.1, 0.15) is 26.3 Å². The first kappa shape index (κ1) is 10.7. The highest BCUT2D eigenvalue weighted by Gasteiger charge is 2.21. The normalized spacial score (nSPS) is 14.2. The van der Waals surface area contributed by atoms with E-state index >= 15 is 0 Å².